The van der Waals surface area contributed by atoms with Gasteiger partial charge in [0, 0.05) is 21.1 Å². The molecule has 2 aromatic rings. The van der Waals surface area contributed by atoms with E-state index in [1.165, 1.54) is 0 Å². The van der Waals surface area contributed by atoms with Crippen LogP contribution < -0.4 is 16.0 Å². The first-order chi connectivity index (χ1) is 11.9. The van der Waals surface area contributed by atoms with Crippen LogP contribution in [0.3, 0.4) is 0 Å². The number of benzene rings is 2. The molecule has 1 aliphatic rings. The normalized spacial score (nSPS) is 16.5. The Labute approximate surface area is 160 Å². The molecule has 0 bridgehead atoms. The van der Waals surface area contributed by atoms with E-state index in [1.54, 1.807) is 36.4 Å². The van der Waals surface area contributed by atoms with Gasteiger partial charge in [0.05, 0.1) is 11.7 Å². The molecule has 25 heavy (non-hydrogen) atoms. The van der Waals surface area contributed by atoms with Crippen molar-refractivity contribution in [3.05, 3.63) is 57.0 Å². The minimum absolute atomic E-state index is 0.0994. The number of ketones is 1. The lowest BCUT2D eigenvalue weighted by Crippen LogP contribution is -2.34. The maximum Gasteiger partial charge on any atom is 0.319 e. The number of anilines is 2. The molecule has 128 valence electrons. The summed E-state index contributed by atoms with van der Waals surface area (Å²) in [5.41, 5.74) is 1.79. The Morgan fingerprint density at radius 2 is 1.88 bits per heavy atom. The summed E-state index contributed by atoms with van der Waals surface area (Å²) >= 11 is 6.72. The summed E-state index contributed by atoms with van der Waals surface area (Å²) in [5.74, 6) is -1.25. The van der Waals surface area contributed by atoms with Gasteiger partial charge >= 0.3 is 6.03 Å². The topological polar surface area (TPSA) is 87.3 Å². The van der Waals surface area contributed by atoms with Gasteiger partial charge in [-0.15, -0.1) is 0 Å². The molecule has 1 heterocycles. The standard InChI is InChI=1S/C17H13Br2N3O3/c18-9-5-6-13(11(19)7-9)21-17(25)22-14-8-15(23)16(24)20-12-4-2-1-3-10(12)14/h1-7,14H,8H2,(H,20,24)(H2,21,22,25). The molecule has 0 saturated carbocycles. The van der Waals surface area contributed by atoms with Gasteiger partial charge in [0.1, 0.15) is 0 Å². The fourth-order valence-electron chi connectivity index (χ4n) is 2.53. The van der Waals surface area contributed by atoms with Crippen molar-refractivity contribution in [1.82, 2.24) is 5.32 Å². The molecule has 3 rings (SSSR count). The fraction of sp³-hybridized carbons (Fsp3) is 0.118. The predicted molar refractivity (Wildman–Crippen MR) is 101 cm³/mol. The van der Waals surface area contributed by atoms with E-state index in [-0.39, 0.29) is 6.42 Å². The number of fused-ring (bicyclic) bond motifs is 1. The second kappa shape index (κ2) is 7.37. The molecule has 1 unspecified atom stereocenters. The van der Waals surface area contributed by atoms with Gasteiger partial charge in [-0.25, -0.2) is 4.79 Å². The van der Waals surface area contributed by atoms with Crippen LogP contribution >= 0.6 is 31.9 Å². The number of urea groups is 1. The minimum Gasteiger partial charge on any atom is -0.331 e. The number of nitrogens with one attached hydrogen (secondary N) is 3. The van der Waals surface area contributed by atoms with Crippen molar-refractivity contribution in [3.8, 4) is 0 Å². The Hall–Kier alpha value is -2.19. The monoisotopic (exact) mass is 465 g/mol. The zero-order chi connectivity index (χ0) is 18.0. The molecule has 0 aliphatic carbocycles. The lowest BCUT2D eigenvalue weighted by molar-refractivity contribution is -0.134. The van der Waals surface area contributed by atoms with Crippen LogP contribution in [0.25, 0.3) is 0 Å². The Morgan fingerprint density at radius 1 is 1.12 bits per heavy atom. The molecule has 0 radical (unpaired) electrons. The second-order valence-corrected chi connectivity index (χ2v) is 7.21. The van der Waals surface area contributed by atoms with Crippen molar-refractivity contribution < 1.29 is 14.4 Å². The SMILES string of the molecule is O=C(Nc1ccc(Br)cc1Br)NC1CC(=O)C(=O)Nc2ccccc21. The zero-order valence-corrected chi connectivity index (χ0v) is 16.0. The molecule has 3 N–H and O–H groups in total. The second-order valence-electron chi connectivity index (χ2n) is 5.44. The van der Waals surface area contributed by atoms with Crippen LogP contribution in [0.5, 0.6) is 0 Å². The van der Waals surface area contributed by atoms with E-state index >= 15 is 0 Å². The first-order valence-corrected chi connectivity index (χ1v) is 8.98. The molecule has 3 amide bonds. The molecule has 1 aliphatic heterocycles. The van der Waals surface area contributed by atoms with Crippen LogP contribution in [0.4, 0.5) is 16.2 Å². The molecular weight excluding hydrogens is 454 g/mol. The maximum absolute atomic E-state index is 12.4. The van der Waals surface area contributed by atoms with Crippen LogP contribution in [0, 0.1) is 0 Å². The van der Waals surface area contributed by atoms with Crippen molar-refractivity contribution >= 4 is 61.0 Å². The number of hydrogen-bond donors (Lipinski definition) is 3. The van der Waals surface area contributed by atoms with Crippen molar-refractivity contribution in [2.75, 3.05) is 10.6 Å². The average Bonchev–Trinajstić information content (AvgIpc) is 2.68. The summed E-state index contributed by atoms with van der Waals surface area (Å²) < 4.78 is 1.59. The van der Waals surface area contributed by atoms with E-state index in [0.29, 0.717) is 21.4 Å². The molecular formula is C17H13Br2N3O3. The maximum atomic E-state index is 12.4. The van der Waals surface area contributed by atoms with Gasteiger partial charge in [-0.05, 0) is 45.8 Å². The molecule has 2 aromatic carbocycles. The number of para-hydroxylation sites is 1. The van der Waals surface area contributed by atoms with Gasteiger partial charge < -0.3 is 16.0 Å². The van der Waals surface area contributed by atoms with E-state index < -0.39 is 23.8 Å². The first-order valence-electron chi connectivity index (χ1n) is 7.39. The third kappa shape index (κ3) is 4.08. The third-order valence-electron chi connectivity index (χ3n) is 3.71. The van der Waals surface area contributed by atoms with Gasteiger partial charge in [-0.1, -0.05) is 34.1 Å². The van der Waals surface area contributed by atoms with Crippen LogP contribution in [0.15, 0.2) is 51.4 Å². The van der Waals surface area contributed by atoms with Crippen LogP contribution in [0.1, 0.15) is 18.0 Å². The fourth-order valence-corrected chi connectivity index (χ4v) is 3.68. The van der Waals surface area contributed by atoms with Crippen LogP contribution in [-0.4, -0.2) is 17.7 Å². The summed E-state index contributed by atoms with van der Waals surface area (Å²) in [5, 5.41) is 8.06. The summed E-state index contributed by atoms with van der Waals surface area (Å²) in [7, 11) is 0. The molecule has 8 heteroatoms. The third-order valence-corrected chi connectivity index (χ3v) is 4.86. The Bertz CT molecular complexity index is 870. The van der Waals surface area contributed by atoms with Gasteiger partial charge in [0.25, 0.3) is 5.91 Å². The highest BCUT2D eigenvalue weighted by molar-refractivity contribution is 9.11. The molecule has 0 saturated heterocycles. The lowest BCUT2D eigenvalue weighted by Gasteiger charge is -2.19. The van der Waals surface area contributed by atoms with E-state index in [1.807, 2.05) is 6.07 Å². The predicted octanol–water partition coefficient (Wildman–Crippen LogP) is 3.99. The smallest absolute Gasteiger partial charge is 0.319 e. The lowest BCUT2D eigenvalue weighted by atomic mass is 10.0. The van der Waals surface area contributed by atoms with Crippen molar-refractivity contribution in [3.63, 3.8) is 0 Å². The van der Waals surface area contributed by atoms with Gasteiger partial charge in [-0.2, -0.15) is 0 Å². The number of carbonyl (C=O) groups excluding carboxylic acids is 3. The highest BCUT2D eigenvalue weighted by Gasteiger charge is 2.29. The highest BCUT2D eigenvalue weighted by Crippen LogP contribution is 2.29. The number of amides is 3. The number of rotatable bonds is 2. The van der Waals surface area contributed by atoms with E-state index in [4.69, 9.17) is 0 Å². The first kappa shape index (κ1) is 17.6. The quantitative estimate of drug-likeness (QED) is 0.585. The summed E-state index contributed by atoms with van der Waals surface area (Å²) in [4.78, 5) is 36.1. The zero-order valence-electron chi connectivity index (χ0n) is 12.8. The van der Waals surface area contributed by atoms with E-state index in [0.717, 1.165) is 4.47 Å². The van der Waals surface area contributed by atoms with Gasteiger partial charge in [-0.3, -0.25) is 9.59 Å². The summed E-state index contributed by atoms with van der Waals surface area (Å²) in [6.45, 7) is 0. The number of carbonyl (C=O) groups is 3. The molecule has 0 spiro atoms. The highest BCUT2D eigenvalue weighted by atomic mass is 79.9. The summed E-state index contributed by atoms with van der Waals surface area (Å²) in [6, 6.07) is 11.3. The molecule has 0 fully saturated rings. The Balaban J connectivity index is 1.80. The largest absolute Gasteiger partial charge is 0.331 e. The molecule has 6 nitrogen and oxygen atoms in total. The van der Waals surface area contributed by atoms with E-state index in [9.17, 15) is 14.4 Å². The Morgan fingerprint density at radius 3 is 2.64 bits per heavy atom. The number of halogens is 2. The van der Waals surface area contributed by atoms with Crippen molar-refractivity contribution in [2.24, 2.45) is 0 Å². The van der Waals surface area contributed by atoms with Crippen molar-refractivity contribution in [2.45, 2.75) is 12.5 Å². The van der Waals surface area contributed by atoms with Crippen LogP contribution in [0.2, 0.25) is 0 Å². The van der Waals surface area contributed by atoms with Crippen LogP contribution in [-0.2, 0) is 9.59 Å². The van der Waals surface area contributed by atoms with Crippen molar-refractivity contribution in [1.29, 1.82) is 0 Å². The minimum atomic E-state index is -0.673. The molecule has 1 atom stereocenters. The average molecular weight is 467 g/mol. The number of hydrogen-bond acceptors (Lipinski definition) is 3. The molecule has 0 aromatic heterocycles. The summed E-state index contributed by atoms with van der Waals surface area (Å²) in [6.07, 6.45) is -0.0994. The Kier molecular flexibility index (Phi) is 5.19. The van der Waals surface area contributed by atoms with E-state index in [2.05, 4.69) is 47.8 Å². The van der Waals surface area contributed by atoms with Gasteiger partial charge in [0.2, 0.25) is 5.78 Å². The number of Topliss-reactive ketones (excluding diaryl/α,β-unsaturated/α-hetero) is 1. The van der Waals surface area contributed by atoms with Gasteiger partial charge in [0.15, 0.2) is 0 Å².